The van der Waals surface area contributed by atoms with Gasteiger partial charge in [-0.1, -0.05) is 17.7 Å². The van der Waals surface area contributed by atoms with E-state index in [1.54, 1.807) is 6.20 Å². The summed E-state index contributed by atoms with van der Waals surface area (Å²) in [7, 11) is 0. The zero-order valence-corrected chi connectivity index (χ0v) is 18.2. The number of nitrogens with two attached hydrogens (primary N) is 1. The zero-order valence-electron chi connectivity index (χ0n) is 17.4. The minimum Gasteiger partial charge on any atom is -0.384 e. The van der Waals surface area contributed by atoms with Crippen LogP contribution >= 0.6 is 11.6 Å². The van der Waals surface area contributed by atoms with Crippen LogP contribution in [0.4, 0.5) is 5.82 Å². The molecule has 30 heavy (non-hydrogen) atoms. The summed E-state index contributed by atoms with van der Waals surface area (Å²) in [6, 6.07) is 10.1. The van der Waals surface area contributed by atoms with Gasteiger partial charge < -0.3 is 11.1 Å². The molecule has 3 aromatic heterocycles. The maximum Gasteiger partial charge on any atom is 0.123 e. The molecule has 0 aliphatic heterocycles. The van der Waals surface area contributed by atoms with Crippen molar-refractivity contribution < 1.29 is 0 Å². The third-order valence-corrected chi connectivity index (χ3v) is 5.50. The first-order valence-corrected chi connectivity index (χ1v) is 10.3. The van der Waals surface area contributed by atoms with Crippen molar-refractivity contribution in [2.24, 2.45) is 0 Å². The van der Waals surface area contributed by atoms with Crippen LogP contribution in [0.3, 0.4) is 0 Å². The van der Waals surface area contributed by atoms with E-state index in [-0.39, 0.29) is 0 Å². The first-order valence-electron chi connectivity index (χ1n) is 9.89. The Kier molecular flexibility index (Phi) is 5.70. The van der Waals surface area contributed by atoms with Crippen molar-refractivity contribution >= 4 is 28.3 Å². The van der Waals surface area contributed by atoms with Crippen molar-refractivity contribution in [3.63, 3.8) is 0 Å². The molecular weight excluding hydrogens is 396 g/mol. The fraction of sp³-hybridized carbons (Fsp3) is 0.261. The number of hydrogen-bond donors (Lipinski definition) is 2. The Balaban J connectivity index is 1.43. The van der Waals surface area contributed by atoms with Crippen LogP contribution in [0.5, 0.6) is 0 Å². The summed E-state index contributed by atoms with van der Waals surface area (Å²) in [5.41, 5.74) is 13.4. The Morgan fingerprint density at radius 1 is 1.07 bits per heavy atom. The lowest BCUT2D eigenvalue weighted by Crippen LogP contribution is -2.15. The van der Waals surface area contributed by atoms with Gasteiger partial charge in [0.1, 0.15) is 5.82 Å². The highest BCUT2D eigenvalue weighted by Gasteiger charge is 2.09. The van der Waals surface area contributed by atoms with Gasteiger partial charge in [0.15, 0.2) is 0 Å². The molecule has 3 heterocycles. The number of nitrogens with one attached hydrogen (secondary N) is 1. The second kappa shape index (κ2) is 8.42. The molecule has 1 aromatic carbocycles. The van der Waals surface area contributed by atoms with E-state index in [0.29, 0.717) is 17.4 Å². The number of benzene rings is 1. The number of aromatic nitrogens is 4. The van der Waals surface area contributed by atoms with Crippen molar-refractivity contribution in [3.8, 4) is 0 Å². The third-order valence-electron chi connectivity index (χ3n) is 5.30. The molecule has 0 saturated heterocycles. The Morgan fingerprint density at radius 3 is 2.70 bits per heavy atom. The lowest BCUT2D eigenvalue weighted by atomic mass is 10.1. The fourth-order valence-corrected chi connectivity index (χ4v) is 3.90. The number of fused-ring (bicyclic) bond motifs is 1. The molecule has 0 saturated carbocycles. The summed E-state index contributed by atoms with van der Waals surface area (Å²) >= 11 is 6.08. The van der Waals surface area contributed by atoms with Crippen molar-refractivity contribution in [1.82, 2.24) is 25.1 Å². The lowest BCUT2D eigenvalue weighted by Gasteiger charge is -2.11. The van der Waals surface area contributed by atoms with Crippen molar-refractivity contribution in [2.45, 2.75) is 40.4 Å². The number of aryl methyl sites for hydroxylation is 3. The molecule has 7 heteroatoms. The van der Waals surface area contributed by atoms with E-state index in [1.807, 2.05) is 36.7 Å². The molecule has 0 bridgehead atoms. The predicted octanol–water partition coefficient (Wildman–Crippen LogP) is 4.33. The van der Waals surface area contributed by atoms with Gasteiger partial charge >= 0.3 is 0 Å². The number of halogens is 1. The van der Waals surface area contributed by atoms with Crippen LogP contribution in [0, 0.1) is 20.8 Å². The molecule has 0 radical (unpaired) electrons. The van der Waals surface area contributed by atoms with Gasteiger partial charge in [0.05, 0.1) is 22.8 Å². The molecule has 4 aromatic rings. The van der Waals surface area contributed by atoms with Crippen molar-refractivity contribution in [3.05, 3.63) is 81.4 Å². The number of nitrogens with zero attached hydrogens (tertiary/aromatic N) is 4. The normalized spacial score (nSPS) is 11.3. The molecular formula is C23H25ClN6. The van der Waals surface area contributed by atoms with Crippen LogP contribution < -0.4 is 11.1 Å². The summed E-state index contributed by atoms with van der Waals surface area (Å²) in [4.78, 5) is 8.71. The van der Waals surface area contributed by atoms with E-state index >= 15 is 0 Å². The highest BCUT2D eigenvalue weighted by molar-refractivity contribution is 6.31. The van der Waals surface area contributed by atoms with Crippen LogP contribution in [0.1, 0.15) is 33.6 Å². The maximum atomic E-state index is 6.08. The number of rotatable bonds is 6. The molecule has 4 rings (SSSR count). The molecule has 0 spiro atoms. The molecule has 0 unspecified atom stereocenters. The first kappa shape index (κ1) is 20.3. The fourth-order valence-electron chi connectivity index (χ4n) is 3.73. The Hall–Kier alpha value is -2.96. The van der Waals surface area contributed by atoms with E-state index in [9.17, 15) is 0 Å². The number of pyridine rings is 2. The number of anilines is 1. The third kappa shape index (κ3) is 4.45. The monoisotopic (exact) mass is 420 g/mol. The largest absolute Gasteiger partial charge is 0.384 e. The molecule has 3 N–H and O–H groups in total. The Labute approximate surface area is 181 Å². The van der Waals surface area contributed by atoms with Gasteiger partial charge in [-0.3, -0.25) is 9.67 Å². The Morgan fingerprint density at radius 2 is 1.90 bits per heavy atom. The van der Waals surface area contributed by atoms with Crippen LogP contribution in [-0.2, 0) is 19.6 Å². The Bertz CT molecular complexity index is 1190. The van der Waals surface area contributed by atoms with Crippen molar-refractivity contribution in [1.29, 1.82) is 0 Å². The van der Waals surface area contributed by atoms with Gasteiger partial charge in [-0.15, -0.1) is 0 Å². The van der Waals surface area contributed by atoms with Crippen molar-refractivity contribution in [2.75, 3.05) is 5.73 Å². The molecule has 0 fully saturated rings. The van der Waals surface area contributed by atoms with E-state index in [0.717, 1.165) is 46.5 Å². The van der Waals surface area contributed by atoms with Gasteiger partial charge in [0.2, 0.25) is 0 Å². The number of nitrogen functional groups attached to an aromatic ring is 1. The average molecular weight is 421 g/mol. The summed E-state index contributed by atoms with van der Waals surface area (Å²) in [6.07, 6.45) is 3.77. The first-order chi connectivity index (χ1) is 14.4. The van der Waals surface area contributed by atoms with Gasteiger partial charge in [-0.25, -0.2) is 4.98 Å². The van der Waals surface area contributed by atoms with E-state index < -0.39 is 0 Å². The predicted molar refractivity (Wildman–Crippen MR) is 121 cm³/mol. The summed E-state index contributed by atoms with van der Waals surface area (Å²) in [5, 5.41) is 9.87. The topological polar surface area (TPSA) is 81.6 Å². The summed E-state index contributed by atoms with van der Waals surface area (Å²) in [5.74, 6) is 0.567. The molecule has 0 amide bonds. The van der Waals surface area contributed by atoms with E-state index in [1.165, 1.54) is 11.1 Å². The van der Waals surface area contributed by atoms with Gasteiger partial charge in [0, 0.05) is 42.1 Å². The van der Waals surface area contributed by atoms with E-state index in [4.69, 9.17) is 17.3 Å². The minimum absolute atomic E-state index is 0.567. The average Bonchev–Trinajstić information content (AvgIpc) is 3.02. The second-order valence-electron chi connectivity index (χ2n) is 7.65. The standard InChI is InChI=1S/C23H25ClN6/c1-14-6-23(25)28-16(3)21(14)11-26-9-19-13-30(29-15(19)2)12-17-4-5-22-18(7-17)8-20(24)10-27-22/h4-8,10,13,26H,9,11-12H2,1-3H3,(H2,25,28). The summed E-state index contributed by atoms with van der Waals surface area (Å²) in [6.45, 7) is 8.29. The highest BCUT2D eigenvalue weighted by atomic mass is 35.5. The van der Waals surface area contributed by atoms with Crippen LogP contribution in [0.25, 0.3) is 10.9 Å². The SMILES string of the molecule is Cc1cc(N)nc(C)c1CNCc1cn(Cc2ccc3ncc(Cl)cc3c2)nc1C. The quantitative estimate of drug-likeness (QED) is 0.485. The van der Waals surface area contributed by atoms with Gasteiger partial charge in [-0.2, -0.15) is 5.10 Å². The molecule has 0 atom stereocenters. The number of hydrogen-bond acceptors (Lipinski definition) is 5. The van der Waals surface area contributed by atoms with E-state index in [2.05, 4.69) is 45.6 Å². The minimum atomic E-state index is 0.567. The molecule has 154 valence electrons. The maximum absolute atomic E-state index is 6.08. The van der Waals surface area contributed by atoms with Gasteiger partial charge in [0.25, 0.3) is 0 Å². The lowest BCUT2D eigenvalue weighted by molar-refractivity contribution is 0.673. The molecule has 6 nitrogen and oxygen atoms in total. The zero-order chi connectivity index (χ0) is 21.3. The van der Waals surface area contributed by atoms with Crippen LogP contribution in [0.2, 0.25) is 5.02 Å². The second-order valence-corrected chi connectivity index (χ2v) is 8.09. The van der Waals surface area contributed by atoms with Crippen LogP contribution in [-0.4, -0.2) is 19.7 Å². The smallest absolute Gasteiger partial charge is 0.123 e. The van der Waals surface area contributed by atoms with Crippen LogP contribution in [0.15, 0.2) is 42.7 Å². The highest BCUT2D eigenvalue weighted by Crippen LogP contribution is 2.19. The summed E-state index contributed by atoms with van der Waals surface area (Å²) < 4.78 is 1.98. The molecule has 0 aliphatic carbocycles. The van der Waals surface area contributed by atoms with Gasteiger partial charge in [-0.05, 0) is 61.7 Å². The molecule has 0 aliphatic rings.